The maximum Gasteiger partial charge on any atom is 0.324 e. The second kappa shape index (κ2) is 6.87. The molecule has 1 aliphatic heterocycles. The monoisotopic (exact) mass is 292 g/mol. The molecule has 1 fully saturated rings. The van der Waals surface area contributed by atoms with Crippen molar-refractivity contribution in [2.75, 3.05) is 44.2 Å². The van der Waals surface area contributed by atoms with Crippen LogP contribution in [0.3, 0.4) is 0 Å². The van der Waals surface area contributed by atoms with Crippen molar-refractivity contribution in [3.8, 4) is 0 Å². The van der Waals surface area contributed by atoms with Crippen LogP contribution in [0.2, 0.25) is 0 Å². The molecule has 116 valence electrons. The summed E-state index contributed by atoms with van der Waals surface area (Å²) in [5.74, 6) is 0.196. The summed E-state index contributed by atoms with van der Waals surface area (Å²) in [5.41, 5.74) is -0.887. The van der Waals surface area contributed by atoms with Crippen molar-refractivity contribution in [2.45, 2.75) is 19.4 Å². The molecule has 1 aromatic rings. The quantitative estimate of drug-likeness (QED) is 0.803. The minimum Gasteiger partial charge on any atom is -0.480 e. The van der Waals surface area contributed by atoms with Crippen LogP contribution in [-0.4, -0.2) is 65.8 Å². The van der Waals surface area contributed by atoms with E-state index in [1.54, 1.807) is 13.1 Å². The van der Waals surface area contributed by atoms with E-state index in [0.717, 1.165) is 32.0 Å². The number of aromatic nitrogens is 1. The number of anilines is 1. The molecule has 6 nitrogen and oxygen atoms in total. The zero-order valence-electron chi connectivity index (χ0n) is 12.7. The highest BCUT2D eigenvalue weighted by Gasteiger charge is 2.35. The van der Waals surface area contributed by atoms with Crippen LogP contribution in [0.5, 0.6) is 0 Å². The molecule has 0 radical (unpaired) electrons. The lowest BCUT2D eigenvalue weighted by molar-refractivity contribution is -0.145. The lowest BCUT2D eigenvalue weighted by atomic mass is 10.0. The van der Waals surface area contributed by atoms with Gasteiger partial charge in [-0.15, -0.1) is 0 Å². The molecule has 1 atom stereocenters. The van der Waals surface area contributed by atoms with Gasteiger partial charge in [-0.2, -0.15) is 0 Å². The van der Waals surface area contributed by atoms with Crippen molar-refractivity contribution >= 4 is 11.8 Å². The fourth-order valence-electron chi connectivity index (χ4n) is 2.71. The molecule has 1 aromatic heterocycles. The lowest BCUT2D eigenvalue weighted by Crippen LogP contribution is -2.59. The molecular weight excluding hydrogens is 268 g/mol. The Bertz CT molecular complexity index is 460. The van der Waals surface area contributed by atoms with E-state index in [1.165, 1.54) is 0 Å². The largest absolute Gasteiger partial charge is 0.480 e. The predicted molar refractivity (Wildman–Crippen MR) is 82.6 cm³/mol. The maximum absolute atomic E-state index is 11.5. The Labute approximate surface area is 125 Å². The van der Waals surface area contributed by atoms with Gasteiger partial charge in [0.15, 0.2) is 0 Å². The average Bonchev–Trinajstić information content (AvgIpc) is 2.49. The number of piperazine rings is 1. The zero-order valence-corrected chi connectivity index (χ0v) is 12.7. The van der Waals surface area contributed by atoms with Gasteiger partial charge in [0.25, 0.3) is 0 Å². The minimum absolute atomic E-state index is 0.520. The molecule has 2 rings (SSSR count). The number of pyridine rings is 1. The van der Waals surface area contributed by atoms with Crippen LogP contribution in [0, 0.1) is 0 Å². The summed E-state index contributed by atoms with van der Waals surface area (Å²) >= 11 is 0. The normalized spacial score (nSPS) is 19.2. The zero-order chi connectivity index (χ0) is 15.3. The van der Waals surface area contributed by atoms with Crippen LogP contribution < -0.4 is 10.2 Å². The summed E-state index contributed by atoms with van der Waals surface area (Å²) in [5, 5.41) is 12.5. The first-order valence-corrected chi connectivity index (χ1v) is 7.42. The van der Waals surface area contributed by atoms with E-state index >= 15 is 0 Å². The van der Waals surface area contributed by atoms with Crippen molar-refractivity contribution in [3.63, 3.8) is 0 Å². The Hall–Kier alpha value is -1.66. The number of nitrogens with one attached hydrogen (secondary N) is 1. The van der Waals surface area contributed by atoms with E-state index in [9.17, 15) is 9.90 Å². The molecular formula is C15H24N4O2. The van der Waals surface area contributed by atoms with Crippen LogP contribution in [0.25, 0.3) is 0 Å². The average molecular weight is 292 g/mol. The molecule has 21 heavy (non-hydrogen) atoms. The molecule has 0 saturated carbocycles. The van der Waals surface area contributed by atoms with E-state index < -0.39 is 11.5 Å². The predicted octanol–water partition coefficient (Wildman–Crippen LogP) is 0.656. The maximum atomic E-state index is 11.5. The fraction of sp³-hybridized carbons (Fsp3) is 0.600. The number of rotatable bonds is 6. The number of carbonyl (C=O) groups is 1. The van der Waals surface area contributed by atoms with Crippen molar-refractivity contribution in [1.29, 1.82) is 0 Å². The van der Waals surface area contributed by atoms with Gasteiger partial charge < -0.3 is 15.3 Å². The van der Waals surface area contributed by atoms with Gasteiger partial charge in [-0.1, -0.05) is 13.0 Å². The molecule has 0 aliphatic carbocycles. The summed E-state index contributed by atoms with van der Waals surface area (Å²) < 4.78 is 0. The minimum atomic E-state index is -0.887. The Balaban J connectivity index is 1.90. The summed E-state index contributed by atoms with van der Waals surface area (Å²) in [6.07, 6.45) is 1.80. The van der Waals surface area contributed by atoms with Crippen LogP contribution in [0.1, 0.15) is 13.8 Å². The van der Waals surface area contributed by atoms with Gasteiger partial charge in [0.1, 0.15) is 11.4 Å². The van der Waals surface area contributed by atoms with E-state index in [4.69, 9.17) is 0 Å². The number of carboxylic acid groups (broad SMARTS) is 1. The molecule has 1 unspecified atom stereocenters. The molecule has 1 aliphatic rings. The molecule has 6 heteroatoms. The first-order chi connectivity index (χ1) is 10.0. The van der Waals surface area contributed by atoms with E-state index in [2.05, 4.69) is 20.1 Å². The summed E-state index contributed by atoms with van der Waals surface area (Å²) in [7, 11) is 0. The van der Waals surface area contributed by atoms with Gasteiger partial charge in [-0.25, -0.2) is 4.98 Å². The number of likely N-dealkylation sites (N-methyl/N-ethyl adjacent to an activating group) is 1. The molecule has 0 aromatic carbocycles. The second-order valence-electron chi connectivity index (χ2n) is 5.62. The molecule has 1 saturated heterocycles. The number of aliphatic carboxylic acids is 1. The van der Waals surface area contributed by atoms with Crippen LogP contribution in [-0.2, 0) is 4.79 Å². The first kappa shape index (κ1) is 15.7. The van der Waals surface area contributed by atoms with Crippen molar-refractivity contribution in [1.82, 2.24) is 15.2 Å². The van der Waals surface area contributed by atoms with Gasteiger partial charge in [0.05, 0.1) is 0 Å². The number of carboxylic acids is 1. The molecule has 0 amide bonds. The smallest absolute Gasteiger partial charge is 0.324 e. The molecule has 0 bridgehead atoms. The highest BCUT2D eigenvalue weighted by atomic mass is 16.4. The van der Waals surface area contributed by atoms with Crippen molar-refractivity contribution in [2.24, 2.45) is 0 Å². The van der Waals surface area contributed by atoms with Crippen LogP contribution in [0.15, 0.2) is 24.4 Å². The Morgan fingerprint density at radius 2 is 2.10 bits per heavy atom. The van der Waals surface area contributed by atoms with Gasteiger partial charge in [0, 0.05) is 38.9 Å². The van der Waals surface area contributed by atoms with Crippen LogP contribution >= 0.6 is 0 Å². The first-order valence-electron chi connectivity index (χ1n) is 7.42. The van der Waals surface area contributed by atoms with Crippen LogP contribution in [0.4, 0.5) is 5.82 Å². The molecule has 2 heterocycles. The SMILES string of the molecule is CCNC(C)(CN1CCN(c2ccccn2)CC1)C(=O)O. The lowest BCUT2D eigenvalue weighted by Gasteiger charge is -2.39. The third-order valence-electron chi connectivity index (χ3n) is 3.92. The van der Waals surface area contributed by atoms with Gasteiger partial charge in [-0.3, -0.25) is 9.69 Å². The standard InChI is InChI=1S/C15H24N4O2/c1-3-17-15(2,14(20)21)12-18-8-10-19(11-9-18)13-6-4-5-7-16-13/h4-7,17H,3,8-12H2,1-2H3,(H,20,21). The van der Waals surface area contributed by atoms with Gasteiger partial charge in [0.2, 0.25) is 0 Å². The van der Waals surface area contributed by atoms with E-state index in [1.807, 2.05) is 25.1 Å². The van der Waals surface area contributed by atoms with Crippen molar-refractivity contribution in [3.05, 3.63) is 24.4 Å². The van der Waals surface area contributed by atoms with Gasteiger partial charge >= 0.3 is 5.97 Å². The second-order valence-corrected chi connectivity index (χ2v) is 5.62. The molecule has 0 spiro atoms. The van der Waals surface area contributed by atoms with Crippen molar-refractivity contribution < 1.29 is 9.90 Å². The Morgan fingerprint density at radius 3 is 2.62 bits per heavy atom. The molecule has 2 N–H and O–H groups in total. The summed E-state index contributed by atoms with van der Waals surface area (Å²) in [6.45, 7) is 8.31. The number of nitrogens with zero attached hydrogens (tertiary/aromatic N) is 3. The third-order valence-corrected chi connectivity index (χ3v) is 3.92. The Morgan fingerprint density at radius 1 is 1.38 bits per heavy atom. The summed E-state index contributed by atoms with van der Waals surface area (Å²) in [6, 6.07) is 5.91. The van der Waals surface area contributed by atoms with E-state index in [0.29, 0.717) is 13.1 Å². The topological polar surface area (TPSA) is 68.7 Å². The highest BCUT2D eigenvalue weighted by molar-refractivity contribution is 5.78. The third kappa shape index (κ3) is 3.92. The Kier molecular flexibility index (Phi) is 5.14. The number of hydrogen-bond acceptors (Lipinski definition) is 5. The van der Waals surface area contributed by atoms with Gasteiger partial charge in [-0.05, 0) is 25.6 Å². The summed E-state index contributed by atoms with van der Waals surface area (Å²) in [4.78, 5) is 20.3. The van der Waals surface area contributed by atoms with E-state index in [-0.39, 0.29) is 0 Å². The number of hydrogen-bond donors (Lipinski definition) is 2. The highest BCUT2D eigenvalue weighted by Crippen LogP contribution is 2.15. The fourth-order valence-corrected chi connectivity index (χ4v) is 2.71.